The van der Waals surface area contributed by atoms with Gasteiger partial charge in [-0.3, -0.25) is 4.79 Å². The molecule has 2 aromatic rings. The predicted molar refractivity (Wildman–Crippen MR) is 89.7 cm³/mol. The van der Waals surface area contributed by atoms with E-state index in [0.29, 0.717) is 11.6 Å². The van der Waals surface area contributed by atoms with E-state index in [1.807, 2.05) is 38.6 Å². The number of H-pyrrole nitrogens is 1. The molecule has 1 aliphatic rings. The molecule has 2 heterocycles. The molecule has 128 valence electrons. The third-order valence-electron chi connectivity index (χ3n) is 4.30. The van der Waals surface area contributed by atoms with Crippen molar-refractivity contribution >= 4 is 5.91 Å². The van der Waals surface area contributed by atoms with Crippen molar-refractivity contribution in [3.05, 3.63) is 46.2 Å². The lowest BCUT2D eigenvalue weighted by Gasteiger charge is -2.20. The van der Waals surface area contributed by atoms with Crippen LogP contribution in [-0.4, -0.2) is 25.4 Å². The van der Waals surface area contributed by atoms with E-state index in [4.69, 9.17) is 0 Å². The van der Waals surface area contributed by atoms with Crippen LogP contribution in [0.15, 0.2) is 23.3 Å². The summed E-state index contributed by atoms with van der Waals surface area (Å²) in [5.74, 6) is 0.873. The van der Waals surface area contributed by atoms with Crippen LogP contribution in [0.1, 0.15) is 61.7 Å². The highest BCUT2D eigenvalue weighted by molar-refractivity contribution is 5.92. The number of carbonyl (C=O) groups is 1. The quantitative estimate of drug-likeness (QED) is 0.892. The fraction of sp³-hybridized carbons (Fsp3) is 0.529. The molecule has 2 aromatic heterocycles. The summed E-state index contributed by atoms with van der Waals surface area (Å²) in [6.45, 7) is 5.92. The maximum atomic E-state index is 12.7. The van der Waals surface area contributed by atoms with Gasteiger partial charge in [-0.15, -0.1) is 0 Å². The minimum atomic E-state index is -0.507. The number of carbonyl (C=O) groups excluding carboxylic acids is 1. The highest BCUT2D eigenvalue weighted by atomic mass is 16.2. The first-order valence-corrected chi connectivity index (χ1v) is 8.15. The van der Waals surface area contributed by atoms with Crippen molar-refractivity contribution in [2.45, 2.75) is 45.1 Å². The number of nitrogens with one attached hydrogen (secondary N) is 2. The van der Waals surface area contributed by atoms with Gasteiger partial charge < -0.3 is 14.9 Å². The van der Waals surface area contributed by atoms with E-state index in [2.05, 4.69) is 20.3 Å². The van der Waals surface area contributed by atoms with Crippen LogP contribution in [0.2, 0.25) is 0 Å². The van der Waals surface area contributed by atoms with E-state index in [-0.39, 0.29) is 23.1 Å². The van der Waals surface area contributed by atoms with Crippen molar-refractivity contribution in [3.63, 3.8) is 0 Å². The van der Waals surface area contributed by atoms with Crippen LogP contribution < -0.4 is 11.0 Å². The molecule has 3 rings (SSSR count). The van der Waals surface area contributed by atoms with Gasteiger partial charge in [-0.2, -0.15) is 4.98 Å². The molecule has 7 heteroatoms. The van der Waals surface area contributed by atoms with Crippen molar-refractivity contribution in [2.24, 2.45) is 13.0 Å². The Labute approximate surface area is 140 Å². The SMILES string of the molecule is Cn1ccnc1C(NC(=O)c1cc(C(C)(C)C)[nH]c(=O)n1)C1CC1. The van der Waals surface area contributed by atoms with Crippen LogP contribution in [-0.2, 0) is 12.5 Å². The fourth-order valence-electron chi connectivity index (χ4n) is 2.69. The van der Waals surface area contributed by atoms with E-state index < -0.39 is 5.69 Å². The highest BCUT2D eigenvalue weighted by Gasteiger charge is 2.36. The van der Waals surface area contributed by atoms with Gasteiger partial charge in [-0.05, 0) is 24.8 Å². The van der Waals surface area contributed by atoms with Gasteiger partial charge >= 0.3 is 5.69 Å². The van der Waals surface area contributed by atoms with Crippen molar-refractivity contribution in [1.29, 1.82) is 0 Å². The maximum Gasteiger partial charge on any atom is 0.345 e. The summed E-state index contributed by atoms with van der Waals surface area (Å²) in [6, 6.07) is 1.50. The Morgan fingerprint density at radius 1 is 1.42 bits per heavy atom. The van der Waals surface area contributed by atoms with E-state index in [9.17, 15) is 9.59 Å². The molecular formula is C17H23N5O2. The second-order valence-corrected chi connectivity index (χ2v) is 7.42. The van der Waals surface area contributed by atoms with E-state index >= 15 is 0 Å². The summed E-state index contributed by atoms with van der Waals surface area (Å²) in [5.41, 5.74) is 0.0517. The second kappa shape index (κ2) is 5.89. The van der Waals surface area contributed by atoms with Gasteiger partial charge in [0.1, 0.15) is 11.5 Å². The smallest absolute Gasteiger partial charge is 0.340 e. The first-order chi connectivity index (χ1) is 11.3. The monoisotopic (exact) mass is 329 g/mol. The molecule has 0 aromatic carbocycles. The number of hydrogen-bond donors (Lipinski definition) is 2. The molecule has 0 aliphatic heterocycles. The maximum absolute atomic E-state index is 12.7. The summed E-state index contributed by atoms with van der Waals surface area (Å²) in [7, 11) is 1.91. The summed E-state index contributed by atoms with van der Waals surface area (Å²) in [5, 5.41) is 3.01. The van der Waals surface area contributed by atoms with Crippen LogP contribution in [0.3, 0.4) is 0 Å². The fourth-order valence-corrected chi connectivity index (χ4v) is 2.69. The molecule has 0 saturated heterocycles. The number of rotatable bonds is 4. The molecule has 1 atom stereocenters. The predicted octanol–water partition coefficient (Wildman–Crippen LogP) is 1.68. The Bertz CT molecular complexity index is 811. The highest BCUT2D eigenvalue weighted by Crippen LogP contribution is 2.40. The van der Waals surface area contributed by atoms with Crippen LogP contribution in [0.4, 0.5) is 0 Å². The number of amides is 1. The van der Waals surface area contributed by atoms with Gasteiger partial charge in [0.2, 0.25) is 0 Å². The molecule has 2 N–H and O–H groups in total. The van der Waals surface area contributed by atoms with Gasteiger partial charge in [0.05, 0.1) is 6.04 Å². The zero-order chi connectivity index (χ0) is 17.5. The van der Waals surface area contributed by atoms with Gasteiger partial charge in [-0.25, -0.2) is 9.78 Å². The number of hydrogen-bond acceptors (Lipinski definition) is 4. The molecular weight excluding hydrogens is 306 g/mol. The Kier molecular flexibility index (Phi) is 4.03. The van der Waals surface area contributed by atoms with E-state index in [0.717, 1.165) is 18.7 Å². The lowest BCUT2D eigenvalue weighted by atomic mass is 9.91. The molecule has 1 unspecified atom stereocenters. The molecule has 0 spiro atoms. The third kappa shape index (κ3) is 3.39. The second-order valence-electron chi connectivity index (χ2n) is 7.42. The van der Waals surface area contributed by atoms with Gasteiger partial charge in [0, 0.05) is 30.6 Å². The van der Waals surface area contributed by atoms with Crippen molar-refractivity contribution in [3.8, 4) is 0 Å². The Morgan fingerprint density at radius 2 is 2.12 bits per heavy atom. The zero-order valence-corrected chi connectivity index (χ0v) is 14.5. The Morgan fingerprint density at radius 3 is 2.67 bits per heavy atom. The average molecular weight is 329 g/mol. The van der Waals surface area contributed by atoms with E-state index in [1.165, 1.54) is 0 Å². The Hall–Kier alpha value is -2.44. The number of aryl methyl sites for hydroxylation is 1. The lowest BCUT2D eigenvalue weighted by molar-refractivity contribution is 0.0923. The topological polar surface area (TPSA) is 92.7 Å². The summed E-state index contributed by atoms with van der Waals surface area (Å²) < 4.78 is 1.91. The molecule has 1 saturated carbocycles. The minimum Gasteiger partial charge on any atom is -0.340 e. The molecule has 1 fully saturated rings. The van der Waals surface area contributed by atoms with Crippen LogP contribution in [0, 0.1) is 5.92 Å². The molecule has 24 heavy (non-hydrogen) atoms. The largest absolute Gasteiger partial charge is 0.345 e. The van der Waals surface area contributed by atoms with Gasteiger partial charge in [0.15, 0.2) is 0 Å². The van der Waals surface area contributed by atoms with Crippen molar-refractivity contribution in [2.75, 3.05) is 0 Å². The number of nitrogens with zero attached hydrogens (tertiary/aromatic N) is 3. The van der Waals surface area contributed by atoms with Gasteiger partial charge in [-0.1, -0.05) is 20.8 Å². The standard InChI is InChI=1S/C17H23N5O2/c1-17(2,3)12-9-11(19-16(24)20-12)15(23)21-13(10-5-6-10)14-18-7-8-22(14)4/h7-10,13H,5-6H2,1-4H3,(H,21,23)(H,19,20,24). The Balaban J connectivity index is 1.88. The van der Waals surface area contributed by atoms with Crippen molar-refractivity contribution < 1.29 is 4.79 Å². The molecule has 7 nitrogen and oxygen atoms in total. The normalized spacial score (nSPS) is 16.0. The summed E-state index contributed by atoms with van der Waals surface area (Å²) in [6.07, 6.45) is 5.71. The molecule has 1 amide bonds. The third-order valence-corrected chi connectivity index (χ3v) is 4.30. The van der Waals surface area contributed by atoms with Crippen molar-refractivity contribution in [1.82, 2.24) is 24.8 Å². The molecule has 0 bridgehead atoms. The first-order valence-electron chi connectivity index (χ1n) is 8.15. The molecule has 0 radical (unpaired) electrons. The minimum absolute atomic E-state index is 0.142. The average Bonchev–Trinajstić information content (AvgIpc) is 3.25. The number of imidazole rings is 1. The number of aromatic amines is 1. The zero-order valence-electron chi connectivity index (χ0n) is 14.5. The lowest BCUT2D eigenvalue weighted by Crippen LogP contribution is -2.34. The summed E-state index contributed by atoms with van der Waals surface area (Å²) >= 11 is 0. The van der Waals surface area contributed by atoms with E-state index in [1.54, 1.807) is 12.3 Å². The molecule has 1 aliphatic carbocycles. The first kappa shape index (κ1) is 16.4. The number of aromatic nitrogens is 4. The summed E-state index contributed by atoms with van der Waals surface area (Å²) in [4.78, 5) is 35.4. The van der Waals surface area contributed by atoms with Crippen LogP contribution in [0.5, 0.6) is 0 Å². The van der Waals surface area contributed by atoms with Crippen LogP contribution >= 0.6 is 0 Å². The van der Waals surface area contributed by atoms with Gasteiger partial charge in [0.25, 0.3) is 5.91 Å². The van der Waals surface area contributed by atoms with Crippen LogP contribution in [0.25, 0.3) is 0 Å².